The number of nitrogens with one attached hydrogen (secondary N) is 1. The Bertz CT molecular complexity index is 587. The molecule has 0 bridgehead atoms. The molecule has 1 amide bonds. The molecule has 2 rings (SSSR count). The van der Waals surface area contributed by atoms with Crippen LogP contribution in [0.4, 0.5) is 5.69 Å². The fourth-order valence-electron chi connectivity index (χ4n) is 1.97. The van der Waals surface area contributed by atoms with Crippen LogP contribution in [0.2, 0.25) is 0 Å². The smallest absolute Gasteiger partial charge is 0.255 e. The molecule has 0 aromatic heterocycles. The number of carbonyl (C=O) groups excluding carboxylic acids is 1. The third-order valence-electron chi connectivity index (χ3n) is 3.02. The van der Waals surface area contributed by atoms with Gasteiger partial charge in [-0.1, -0.05) is 35.9 Å². The van der Waals surface area contributed by atoms with Crippen molar-refractivity contribution < 1.29 is 4.79 Å². The summed E-state index contributed by atoms with van der Waals surface area (Å²) in [5.74, 6) is -0.0539. The second-order valence-electron chi connectivity index (χ2n) is 4.59. The highest BCUT2D eigenvalue weighted by Gasteiger charge is 2.09. The molecule has 0 saturated carbocycles. The Balaban J connectivity index is 2.25. The van der Waals surface area contributed by atoms with Crippen LogP contribution in [0.5, 0.6) is 0 Å². The summed E-state index contributed by atoms with van der Waals surface area (Å²) in [6.07, 6.45) is 0. The van der Waals surface area contributed by atoms with Gasteiger partial charge < -0.3 is 5.32 Å². The van der Waals surface area contributed by atoms with E-state index in [4.69, 9.17) is 0 Å². The predicted molar refractivity (Wildman–Crippen MR) is 75.0 cm³/mol. The van der Waals surface area contributed by atoms with Crippen molar-refractivity contribution in [1.29, 1.82) is 0 Å². The van der Waals surface area contributed by atoms with E-state index < -0.39 is 0 Å². The highest BCUT2D eigenvalue weighted by Crippen LogP contribution is 2.16. The molecule has 2 heteroatoms. The second-order valence-corrected chi connectivity index (χ2v) is 4.59. The first-order valence-electron chi connectivity index (χ1n) is 6.02. The zero-order chi connectivity index (χ0) is 13.1. The summed E-state index contributed by atoms with van der Waals surface area (Å²) >= 11 is 0. The van der Waals surface area contributed by atoms with E-state index >= 15 is 0 Å². The number of rotatable bonds is 2. The standard InChI is InChI=1S/C16H17NO/c1-11-8-9-14(13(3)10-11)16(18)17-15-7-5-4-6-12(15)2/h4-10H,1-3H3,(H,17,18). The molecule has 0 atom stereocenters. The van der Waals surface area contributed by atoms with Crippen LogP contribution in [0.1, 0.15) is 27.0 Å². The van der Waals surface area contributed by atoms with E-state index in [0.717, 1.165) is 22.4 Å². The number of hydrogen-bond donors (Lipinski definition) is 1. The van der Waals surface area contributed by atoms with Crippen LogP contribution in [-0.4, -0.2) is 5.91 Å². The number of carbonyl (C=O) groups is 1. The highest BCUT2D eigenvalue weighted by atomic mass is 16.1. The van der Waals surface area contributed by atoms with Crippen molar-refractivity contribution in [3.05, 3.63) is 64.7 Å². The Morgan fingerprint density at radius 2 is 1.67 bits per heavy atom. The zero-order valence-corrected chi connectivity index (χ0v) is 10.9. The van der Waals surface area contributed by atoms with Gasteiger partial charge in [0.25, 0.3) is 5.91 Å². The maximum atomic E-state index is 12.2. The summed E-state index contributed by atoms with van der Waals surface area (Å²) in [6, 6.07) is 13.6. The van der Waals surface area contributed by atoms with Crippen LogP contribution in [0.15, 0.2) is 42.5 Å². The van der Waals surface area contributed by atoms with E-state index in [2.05, 4.69) is 5.32 Å². The summed E-state index contributed by atoms with van der Waals surface area (Å²) in [7, 11) is 0. The molecule has 2 nitrogen and oxygen atoms in total. The van der Waals surface area contributed by atoms with E-state index in [1.54, 1.807) is 0 Å². The summed E-state index contributed by atoms with van der Waals surface area (Å²) in [4.78, 5) is 12.2. The minimum absolute atomic E-state index is 0.0539. The van der Waals surface area contributed by atoms with Gasteiger partial charge in [-0.25, -0.2) is 0 Å². The zero-order valence-electron chi connectivity index (χ0n) is 10.9. The molecule has 0 spiro atoms. The van der Waals surface area contributed by atoms with Gasteiger partial charge in [0.15, 0.2) is 0 Å². The summed E-state index contributed by atoms with van der Waals surface area (Å²) in [6.45, 7) is 5.97. The molecule has 92 valence electrons. The molecule has 0 unspecified atom stereocenters. The minimum atomic E-state index is -0.0539. The molecule has 18 heavy (non-hydrogen) atoms. The Labute approximate surface area is 108 Å². The van der Waals surface area contributed by atoms with Gasteiger partial charge in [-0.3, -0.25) is 4.79 Å². The van der Waals surface area contributed by atoms with Gasteiger partial charge in [0.05, 0.1) is 0 Å². The molecule has 2 aromatic carbocycles. The van der Waals surface area contributed by atoms with E-state index in [9.17, 15) is 4.79 Å². The first-order chi connectivity index (χ1) is 8.58. The lowest BCUT2D eigenvalue weighted by Crippen LogP contribution is -2.14. The summed E-state index contributed by atoms with van der Waals surface area (Å²) < 4.78 is 0. The molecule has 0 aliphatic rings. The van der Waals surface area contributed by atoms with Gasteiger partial charge in [-0.15, -0.1) is 0 Å². The van der Waals surface area contributed by atoms with Gasteiger partial charge in [-0.2, -0.15) is 0 Å². The van der Waals surface area contributed by atoms with Gasteiger partial charge in [-0.05, 0) is 44.0 Å². The van der Waals surface area contributed by atoms with Crippen LogP contribution in [0, 0.1) is 20.8 Å². The first-order valence-corrected chi connectivity index (χ1v) is 6.02. The van der Waals surface area contributed by atoms with Crippen LogP contribution in [0.3, 0.4) is 0 Å². The van der Waals surface area contributed by atoms with E-state index in [0.29, 0.717) is 0 Å². The first kappa shape index (κ1) is 12.4. The largest absolute Gasteiger partial charge is 0.322 e. The molecule has 0 heterocycles. The Hall–Kier alpha value is -2.09. The van der Waals surface area contributed by atoms with Crippen molar-refractivity contribution in [3.8, 4) is 0 Å². The van der Waals surface area contributed by atoms with Crippen molar-refractivity contribution in [2.75, 3.05) is 5.32 Å². The van der Waals surface area contributed by atoms with Gasteiger partial charge >= 0.3 is 0 Å². The quantitative estimate of drug-likeness (QED) is 0.847. The Kier molecular flexibility index (Phi) is 3.47. The second kappa shape index (κ2) is 5.05. The lowest BCUT2D eigenvalue weighted by molar-refractivity contribution is 0.102. The summed E-state index contributed by atoms with van der Waals surface area (Å²) in [5, 5.41) is 2.95. The molecule has 0 aliphatic carbocycles. The lowest BCUT2D eigenvalue weighted by atomic mass is 10.0. The Morgan fingerprint density at radius 3 is 2.33 bits per heavy atom. The summed E-state index contributed by atoms with van der Waals surface area (Å²) in [5.41, 5.74) is 4.82. The highest BCUT2D eigenvalue weighted by molar-refractivity contribution is 6.05. The molecule has 0 fully saturated rings. The maximum Gasteiger partial charge on any atom is 0.255 e. The molecule has 0 radical (unpaired) electrons. The molecule has 1 N–H and O–H groups in total. The number of amides is 1. The third kappa shape index (κ3) is 2.59. The Morgan fingerprint density at radius 1 is 0.944 bits per heavy atom. The number of hydrogen-bond acceptors (Lipinski definition) is 1. The topological polar surface area (TPSA) is 29.1 Å². The number of para-hydroxylation sites is 1. The SMILES string of the molecule is Cc1ccc(C(=O)Nc2ccccc2C)c(C)c1. The normalized spacial score (nSPS) is 10.2. The van der Waals surface area contributed by atoms with Crippen molar-refractivity contribution in [2.45, 2.75) is 20.8 Å². The monoisotopic (exact) mass is 239 g/mol. The van der Waals surface area contributed by atoms with E-state index in [-0.39, 0.29) is 5.91 Å². The van der Waals surface area contributed by atoms with Crippen LogP contribution in [-0.2, 0) is 0 Å². The fourth-order valence-corrected chi connectivity index (χ4v) is 1.97. The van der Waals surface area contributed by atoms with Crippen molar-refractivity contribution in [3.63, 3.8) is 0 Å². The van der Waals surface area contributed by atoms with Crippen molar-refractivity contribution in [1.82, 2.24) is 0 Å². The average Bonchev–Trinajstić information content (AvgIpc) is 2.32. The van der Waals surface area contributed by atoms with Gasteiger partial charge in [0, 0.05) is 11.3 Å². The third-order valence-corrected chi connectivity index (χ3v) is 3.02. The number of anilines is 1. The van der Waals surface area contributed by atoms with Crippen LogP contribution >= 0.6 is 0 Å². The van der Waals surface area contributed by atoms with Crippen molar-refractivity contribution >= 4 is 11.6 Å². The lowest BCUT2D eigenvalue weighted by Gasteiger charge is -2.10. The van der Waals surface area contributed by atoms with Crippen LogP contribution < -0.4 is 5.32 Å². The van der Waals surface area contributed by atoms with Gasteiger partial charge in [0.2, 0.25) is 0 Å². The number of aryl methyl sites for hydroxylation is 3. The van der Waals surface area contributed by atoms with Crippen LogP contribution in [0.25, 0.3) is 0 Å². The van der Waals surface area contributed by atoms with E-state index in [1.165, 1.54) is 5.56 Å². The molecular formula is C16H17NO. The average molecular weight is 239 g/mol. The molecule has 2 aromatic rings. The predicted octanol–water partition coefficient (Wildman–Crippen LogP) is 3.86. The minimum Gasteiger partial charge on any atom is -0.322 e. The molecule has 0 saturated heterocycles. The molecule has 0 aliphatic heterocycles. The number of benzene rings is 2. The maximum absolute atomic E-state index is 12.2. The van der Waals surface area contributed by atoms with Gasteiger partial charge in [0.1, 0.15) is 0 Å². The van der Waals surface area contributed by atoms with E-state index in [1.807, 2.05) is 63.2 Å². The molecular weight excluding hydrogens is 222 g/mol. The van der Waals surface area contributed by atoms with Crippen molar-refractivity contribution in [2.24, 2.45) is 0 Å². The fraction of sp³-hybridized carbons (Fsp3) is 0.188.